The largest absolute Gasteiger partial charge is 0.416 e. The van der Waals surface area contributed by atoms with Crippen molar-refractivity contribution in [2.45, 2.75) is 24.2 Å². The Bertz CT molecular complexity index is 947. The van der Waals surface area contributed by atoms with Crippen LogP contribution in [0.15, 0.2) is 23.2 Å². The molecular formula is C16H14ClF3N6OS. The summed E-state index contributed by atoms with van der Waals surface area (Å²) in [5, 5.41) is 14.6. The van der Waals surface area contributed by atoms with Gasteiger partial charge in [-0.05, 0) is 31.4 Å². The molecule has 1 aromatic heterocycles. The molecule has 1 atom stereocenters. The molecule has 0 bridgehead atoms. The number of amides is 1. The number of nitrogen functional groups attached to an aromatic ring is 1. The molecule has 0 fully saturated rings. The zero-order valence-corrected chi connectivity index (χ0v) is 16.1. The fourth-order valence-corrected chi connectivity index (χ4v) is 2.81. The number of nitrogens with two attached hydrogens (primary N) is 1. The van der Waals surface area contributed by atoms with Crippen LogP contribution in [0.25, 0.3) is 0 Å². The zero-order chi connectivity index (χ0) is 21.1. The number of hydrogen-bond acceptors (Lipinski definition) is 7. The van der Waals surface area contributed by atoms with Gasteiger partial charge in [0.2, 0.25) is 11.9 Å². The van der Waals surface area contributed by atoms with Gasteiger partial charge >= 0.3 is 6.18 Å². The summed E-state index contributed by atoms with van der Waals surface area (Å²) in [6.45, 7) is 1.44. The van der Waals surface area contributed by atoms with Crippen LogP contribution < -0.4 is 16.4 Å². The van der Waals surface area contributed by atoms with Crippen LogP contribution in [0.5, 0.6) is 0 Å². The molecule has 0 saturated heterocycles. The molecule has 2 rings (SSSR count). The average molecular weight is 431 g/mol. The summed E-state index contributed by atoms with van der Waals surface area (Å²) in [4.78, 5) is 20.2. The molecule has 0 radical (unpaired) electrons. The smallest absolute Gasteiger partial charge is 0.368 e. The molecule has 28 heavy (non-hydrogen) atoms. The van der Waals surface area contributed by atoms with Crippen LogP contribution in [-0.4, -0.2) is 28.2 Å². The van der Waals surface area contributed by atoms with Crippen molar-refractivity contribution in [1.82, 2.24) is 9.97 Å². The third kappa shape index (κ3) is 4.96. The molecule has 0 spiro atoms. The first-order valence-electron chi connectivity index (χ1n) is 7.62. The Kier molecular flexibility index (Phi) is 6.58. The number of thioether (sulfide) groups is 1. The molecule has 2 aromatic rings. The van der Waals surface area contributed by atoms with Crippen molar-refractivity contribution in [2.24, 2.45) is 0 Å². The number of nitrogens with one attached hydrogen (secondary N) is 2. The van der Waals surface area contributed by atoms with E-state index in [0.29, 0.717) is 5.03 Å². The fraction of sp³-hybridized carbons (Fsp3) is 0.250. The van der Waals surface area contributed by atoms with Gasteiger partial charge in [-0.25, -0.2) is 4.98 Å². The number of benzene rings is 1. The Hall–Kier alpha value is -2.71. The average Bonchev–Trinajstić information content (AvgIpc) is 2.61. The van der Waals surface area contributed by atoms with Gasteiger partial charge in [0.25, 0.3) is 0 Å². The highest BCUT2D eigenvalue weighted by atomic mass is 35.5. The van der Waals surface area contributed by atoms with E-state index >= 15 is 0 Å². The molecule has 0 unspecified atom stereocenters. The molecule has 4 N–H and O–H groups in total. The highest BCUT2D eigenvalue weighted by Gasteiger charge is 2.31. The number of alkyl halides is 3. The molecule has 12 heteroatoms. The van der Waals surface area contributed by atoms with Gasteiger partial charge in [-0.1, -0.05) is 11.6 Å². The quantitative estimate of drug-likeness (QED) is 0.488. The van der Waals surface area contributed by atoms with Crippen molar-refractivity contribution in [3.05, 3.63) is 34.3 Å². The van der Waals surface area contributed by atoms with E-state index in [-0.39, 0.29) is 28.0 Å². The van der Waals surface area contributed by atoms with E-state index in [1.807, 2.05) is 6.07 Å². The number of nitrogens with zero attached hydrogens (tertiary/aromatic N) is 3. The summed E-state index contributed by atoms with van der Waals surface area (Å²) in [5.41, 5.74) is 4.55. The molecule has 7 nitrogen and oxygen atoms in total. The van der Waals surface area contributed by atoms with E-state index in [1.165, 1.54) is 18.7 Å². The SMILES string of the molecule is CSc1nc(N)nc(N[C@@H](C)C(=O)Nc2cc(C(F)(F)F)ccc2Cl)c1C#N. The van der Waals surface area contributed by atoms with Crippen molar-refractivity contribution in [2.75, 3.05) is 22.6 Å². The van der Waals surface area contributed by atoms with Crippen LogP contribution in [-0.2, 0) is 11.0 Å². The number of carbonyl (C=O) groups excluding carboxylic acids is 1. The maximum atomic E-state index is 12.8. The summed E-state index contributed by atoms with van der Waals surface area (Å²) in [7, 11) is 0. The van der Waals surface area contributed by atoms with E-state index in [4.69, 9.17) is 17.3 Å². The number of carbonyl (C=O) groups is 1. The minimum Gasteiger partial charge on any atom is -0.368 e. The van der Waals surface area contributed by atoms with Crippen molar-refractivity contribution in [3.63, 3.8) is 0 Å². The second-order valence-corrected chi connectivity index (χ2v) is 6.68. The van der Waals surface area contributed by atoms with Crippen LogP contribution in [0.4, 0.5) is 30.6 Å². The lowest BCUT2D eigenvalue weighted by atomic mass is 10.2. The lowest BCUT2D eigenvalue weighted by Gasteiger charge is -2.17. The summed E-state index contributed by atoms with van der Waals surface area (Å²) in [6, 6.07) is 3.55. The van der Waals surface area contributed by atoms with Gasteiger partial charge in [-0.3, -0.25) is 4.79 Å². The van der Waals surface area contributed by atoms with Crippen molar-refractivity contribution >= 4 is 46.7 Å². The van der Waals surface area contributed by atoms with E-state index in [2.05, 4.69) is 20.6 Å². The lowest BCUT2D eigenvalue weighted by molar-refractivity contribution is -0.137. The first-order valence-corrected chi connectivity index (χ1v) is 9.22. The summed E-state index contributed by atoms with van der Waals surface area (Å²) in [6.07, 6.45) is -2.89. The number of rotatable bonds is 5. The Morgan fingerprint density at radius 1 is 1.39 bits per heavy atom. The van der Waals surface area contributed by atoms with E-state index in [1.54, 1.807) is 6.26 Å². The highest BCUT2D eigenvalue weighted by Crippen LogP contribution is 2.34. The Labute approximate surface area is 167 Å². The van der Waals surface area contributed by atoms with Crippen LogP contribution >= 0.6 is 23.4 Å². The predicted octanol–water partition coefficient (Wildman–Crippen LogP) is 3.76. The molecule has 1 amide bonds. The second-order valence-electron chi connectivity index (χ2n) is 5.47. The standard InChI is InChI=1S/C16H14ClF3N6OS/c1-7(23-12-9(6-21)14(28-2)26-15(22)25-12)13(27)24-11-5-8(16(18,19)20)3-4-10(11)17/h3-5,7H,1-2H3,(H,24,27)(H3,22,23,25,26)/t7-/m0/s1. The highest BCUT2D eigenvalue weighted by molar-refractivity contribution is 7.98. The van der Waals surface area contributed by atoms with Gasteiger partial charge in [-0.15, -0.1) is 11.8 Å². The van der Waals surface area contributed by atoms with Gasteiger partial charge in [-0.2, -0.15) is 23.4 Å². The molecule has 1 aromatic carbocycles. The first kappa shape index (κ1) is 21.6. The van der Waals surface area contributed by atoms with Gasteiger partial charge in [0.05, 0.1) is 16.3 Å². The second kappa shape index (κ2) is 8.53. The monoisotopic (exact) mass is 430 g/mol. The lowest BCUT2D eigenvalue weighted by Crippen LogP contribution is -2.33. The summed E-state index contributed by atoms with van der Waals surface area (Å²) in [5.74, 6) is -0.746. The van der Waals surface area contributed by atoms with Crippen molar-refractivity contribution in [1.29, 1.82) is 5.26 Å². The minimum absolute atomic E-state index is 0.0390. The molecule has 0 aliphatic rings. The summed E-state index contributed by atoms with van der Waals surface area (Å²) < 4.78 is 38.5. The topological polar surface area (TPSA) is 117 Å². The van der Waals surface area contributed by atoms with Crippen LogP contribution in [0, 0.1) is 11.3 Å². The maximum absolute atomic E-state index is 12.8. The van der Waals surface area contributed by atoms with Gasteiger partial charge in [0.1, 0.15) is 22.7 Å². The summed E-state index contributed by atoms with van der Waals surface area (Å²) >= 11 is 7.05. The molecule has 1 heterocycles. The van der Waals surface area contributed by atoms with E-state index in [0.717, 1.165) is 18.2 Å². The molecule has 0 aliphatic carbocycles. The number of aromatic nitrogens is 2. The third-order valence-electron chi connectivity index (χ3n) is 3.50. The normalized spacial score (nSPS) is 12.2. The van der Waals surface area contributed by atoms with Crippen LogP contribution in [0.2, 0.25) is 5.02 Å². The van der Waals surface area contributed by atoms with Gasteiger partial charge in [0, 0.05) is 0 Å². The van der Waals surface area contributed by atoms with Crippen LogP contribution in [0.1, 0.15) is 18.1 Å². The molecule has 0 saturated carbocycles. The Morgan fingerprint density at radius 3 is 2.64 bits per heavy atom. The van der Waals surface area contributed by atoms with Gasteiger partial charge < -0.3 is 16.4 Å². The maximum Gasteiger partial charge on any atom is 0.416 e. The number of halogens is 4. The number of nitriles is 1. The van der Waals surface area contributed by atoms with E-state index < -0.39 is 23.7 Å². The van der Waals surface area contributed by atoms with E-state index in [9.17, 15) is 23.2 Å². The molecule has 0 aliphatic heterocycles. The zero-order valence-electron chi connectivity index (χ0n) is 14.6. The predicted molar refractivity (Wildman–Crippen MR) is 101 cm³/mol. The Balaban J connectivity index is 2.24. The third-order valence-corrected chi connectivity index (χ3v) is 4.51. The first-order chi connectivity index (χ1) is 13.1. The van der Waals surface area contributed by atoms with Crippen molar-refractivity contribution < 1.29 is 18.0 Å². The van der Waals surface area contributed by atoms with Crippen molar-refractivity contribution in [3.8, 4) is 6.07 Å². The van der Waals surface area contributed by atoms with Crippen LogP contribution in [0.3, 0.4) is 0 Å². The van der Waals surface area contributed by atoms with Gasteiger partial charge in [0.15, 0.2) is 5.82 Å². The minimum atomic E-state index is -4.58. The Morgan fingerprint density at radius 2 is 2.07 bits per heavy atom. The number of anilines is 3. The fourth-order valence-electron chi connectivity index (χ4n) is 2.12. The molecule has 148 valence electrons. The number of hydrogen-bond donors (Lipinski definition) is 3. The molecular weight excluding hydrogens is 417 g/mol.